The first kappa shape index (κ1) is 16.6. The van der Waals surface area contributed by atoms with Crippen LogP contribution in [0.15, 0.2) is 30.3 Å². The maximum absolute atomic E-state index is 12.5. The quantitative estimate of drug-likeness (QED) is 0.708. The monoisotopic (exact) mass is 322 g/mol. The van der Waals surface area contributed by atoms with Crippen LogP contribution in [0.2, 0.25) is 0 Å². The molecule has 3 atom stereocenters. The summed E-state index contributed by atoms with van der Waals surface area (Å²) in [4.78, 5) is 25.9. The summed E-state index contributed by atoms with van der Waals surface area (Å²) in [6, 6.07) is 9.01. The zero-order chi connectivity index (χ0) is 16.1. The van der Waals surface area contributed by atoms with Crippen molar-refractivity contribution in [1.29, 1.82) is 0 Å². The van der Waals surface area contributed by atoms with Crippen LogP contribution < -0.4 is 16.4 Å². The van der Waals surface area contributed by atoms with Crippen LogP contribution in [0.5, 0.6) is 0 Å². The Morgan fingerprint density at radius 2 is 2.09 bits per heavy atom. The van der Waals surface area contributed by atoms with Gasteiger partial charge in [0, 0.05) is 25.8 Å². The molecule has 0 radical (unpaired) electrons. The van der Waals surface area contributed by atoms with E-state index in [-0.39, 0.29) is 22.4 Å². The number of likely N-dealkylation sites (N-methyl/N-ethyl adjacent to an activating group) is 2. The number of carbonyl (C=O) groups is 2. The Morgan fingerprint density at radius 3 is 2.68 bits per heavy atom. The molecule has 1 aliphatic heterocycles. The fourth-order valence-electron chi connectivity index (χ4n) is 2.42. The van der Waals surface area contributed by atoms with Crippen molar-refractivity contribution in [2.75, 3.05) is 25.5 Å². The van der Waals surface area contributed by atoms with E-state index in [2.05, 4.69) is 10.6 Å². The Morgan fingerprint density at radius 1 is 1.41 bits per heavy atom. The van der Waals surface area contributed by atoms with Gasteiger partial charge in [-0.3, -0.25) is 9.59 Å². The van der Waals surface area contributed by atoms with Crippen molar-refractivity contribution in [3.63, 3.8) is 0 Å². The number of benzene rings is 1. The predicted molar refractivity (Wildman–Crippen MR) is 89.5 cm³/mol. The number of nitrogens with zero attached hydrogens (tertiary/aromatic N) is 1. The number of amides is 2. The van der Waals surface area contributed by atoms with E-state index in [0.29, 0.717) is 13.1 Å². The van der Waals surface area contributed by atoms with Crippen molar-refractivity contribution in [1.82, 2.24) is 10.2 Å². The first-order valence-electron chi connectivity index (χ1n) is 7.30. The van der Waals surface area contributed by atoms with E-state index < -0.39 is 6.04 Å². The molecule has 7 heteroatoms. The van der Waals surface area contributed by atoms with Crippen LogP contribution in [-0.4, -0.2) is 53.5 Å². The number of hydrogen-bond donors (Lipinski definition) is 3. The molecule has 0 aliphatic carbocycles. The predicted octanol–water partition coefficient (Wildman–Crippen LogP) is 0.462. The number of rotatable bonds is 6. The van der Waals surface area contributed by atoms with Crippen LogP contribution in [-0.2, 0) is 9.59 Å². The van der Waals surface area contributed by atoms with Crippen LogP contribution in [0, 0.1) is 0 Å². The molecule has 1 unspecified atom stereocenters. The van der Waals surface area contributed by atoms with E-state index in [1.54, 1.807) is 11.9 Å². The summed E-state index contributed by atoms with van der Waals surface area (Å²) in [5, 5.41) is 5.24. The molecule has 1 aromatic carbocycles. The zero-order valence-electron chi connectivity index (χ0n) is 12.8. The summed E-state index contributed by atoms with van der Waals surface area (Å²) >= 11 is 1.45. The Balaban J connectivity index is 2.01. The second kappa shape index (κ2) is 7.51. The third kappa shape index (κ3) is 3.53. The fourth-order valence-corrected chi connectivity index (χ4v) is 3.88. The average Bonchev–Trinajstić information content (AvgIpc) is 2.88. The van der Waals surface area contributed by atoms with E-state index in [1.165, 1.54) is 11.8 Å². The maximum Gasteiger partial charge on any atom is 0.239 e. The van der Waals surface area contributed by atoms with Crippen molar-refractivity contribution >= 4 is 29.3 Å². The lowest BCUT2D eigenvalue weighted by Gasteiger charge is -2.26. The van der Waals surface area contributed by atoms with E-state index >= 15 is 0 Å². The summed E-state index contributed by atoms with van der Waals surface area (Å²) in [7, 11) is 1.55. The van der Waals surface area contributed by atoms with Gasteiger partial charge in [-0.2, -0.15) is 0 Å². The third-order valence-corrected chi connectivity index (χ3v) is 5.16. The number of anilines is 1. The smallest absolute Gasteiger partial charge is 0.239 e. The molecule has 1 aromatic rings. The average molecular weight is 322 g/mol. The van der Waals surface area contributed by atoms with Crippen LogP contribution in [0.25, 0.3) is 0 Å². The number of hydrogen-bond acceptors (Lipinski definition) is 5. The largest absolute Gasteiger partial charge is 0.383 e. The molecule has 0 spiro atoms. The SMILES string of the molecule is CCN1C(=O)[C@@H](CNc2ccccc2)SC1[C@H](N)C(=O)NC. The highest BCUT2D eigenvalue weighted by molar-refractivity contribution is 8.01. The second-order valence-corrected chi connectivity index (χ2v) is 6.35. The molecule has 1 aliphatic rings. The van der Waals surface area contributed by atoms with Crippen LogP contribution in [0.4, 0.5) is 5.69 Å². The second-order valence-electron chi connectivity index (χ2n) is 5.03. The van der Waals surface area contributed by atoms with Gasteiger partial charge in [-0.15, -0.1) is 11.8 Å². The summed E-state index contributed by atoms with van der Waals surface area (Å²) < 4.78 is 0. The van der Waals surface area contributed by atoms with Crippen LogP contribution >= 0.6 is 11.8 Å². The van der Waals surface area contributed by atoms with Crippen molar-refractivity contribution < 1.29 is 9.59 Å². The lowest BCUT2D eigenvalue weighted by atomic mass is 10.2. The molecule has 1 saturated heterocycles. The van der Waals surface area contributed by atoms with Crippen LogP contribution in [0.1, 0.15) is 6.92 Å². The summed E-state index contributed by atoms with van der Waals surface area (Å²) in [6.07, 6.45) is 0. The molecular weight excluding hydrogens is 300 g/mol. The number of nitrogens with two attached hydrogens (primary N) is 1. The molecule has 1 heterocycles. The molecule has 4 N–H and O–H groups in total. The van der Waals surface area contributed by atoms with Gasteiger partial charge < -0.3 is 21.3 Å². The Labute approximate surface area is 134 Å². The molecule has 2 rings (SSSR count). The number of nitrogens with one attached hydrogen (secondary N) is 2. The molecule has 120 valence electrons. The lowest BCUT2D eigenvalue weighted by molar-refractivity contribution is -0.130. The topological polar surface area (TPSA) is 87.5 Å². The molecule has 0 aromatic heterocycles. The minimum absolute atomic E-state index is 0.0280. The number of thioether (sulfide) groups is 1. The lowest BCUT2D eigenvalue weighted by Crippen LogP contribution is -2.52. The fraction of sp³-hybridized carbons (Fsp3) is 0.467. The van der Waals surface area contributed by atoms with Gasteiger partial charge in [0.05, 0.1) is 0 Å². The molecule has 0 bridgehead atoms. The van der Waals surface area contributed by atoms with Crippen molar-refractivity contribution in [2.45, 2.75) is 23.6 Å². The van der Waals surface area contributed by atoms with E-state index in [0.717, 1.165) is 5.69 Å². The van der Waals surface area contributed by atoms with Crippen molar-refractivity contribution in [3.05, 3.63) is 30.3 Å². The normalized spacial score (nSPS) is 22.5. The van der Waals surface area contributed by atoms with E-state index in [9.17, 15) is 9.59 Å². The van der Waals surface area contributed by atoms with Gasteiger partial charge >= 0.3 is 0 Å². The van der Waals surface area contributed by atoms with Gasteiger partial charge in [-0.25, -0.2) is 0 Å². The van der Waals surface area contributed by atoms with E-state index in [4.69, 9.17) is 5.73 Å². The Kier molecular flexibility index (Phi) is 5.68. The molecular formula is C15H22N4O2S. The maximum atomic E-state index is 12.5. The van der Waals surface area contributed by atoms with Crippen molar-refractivity contribution in [3.8, 4) is 0 Å². The minimum atomic E-state index is -0.722. The van der Waals surface area contributed by atoms with Crippen LogP contribution in [0.3, 0.4) is 0 Å². The van der Waals surface area contributed by atoms with Gasteiger partial charge in [-0.05, 0) is 19.1 Å². The summed E-state index contributed by atoms with van der Waals surface area (Å²) in [5.74, 6) is -0.222. The van der Waals surface area contributed by atoms with Gasteiger partial charge in [0.1, 0.15) is 16.7 Å². The minimum Gasteiger partial charge on any atom is -0.383 e. The Hall–Kier alpha value is -1.73. The standard InChI is InChI=1S/C15H22N4O2S/c1-3-19-14(21)11(9-18-10-7-5-4-6-8-10)22-15(19)12(16)13(20)17-2/h4-8,11-12,15,18H,3,9,16H2,1-2H3,(H,17,20)/t11-,12-,15?/m1/s1. The molecule has 2 amide bonds. The van der Waals surface area contributed by atoms with Gasteiger partial charge in [0.25, 0.3) is 0 Å². The first-order valence-corrected chi connectivity index (χ1v) is 8.24. The van der Waals surface area contributed by atoms with Gasteiger partial charge in [0.2, 0.25) is 11.8 Å². The number of para-hydroxylation sites is 1. The highest BCUT2D eigenvalue weighted by atomic mass is 32.2. The third-order valence-electron chi connectivity index (χ3n) is 3.63. The number of carbonyl (C=O) groups excluding carboxylic acids is 2. The molecule has 1 fully saturated rings. The highest BCUT2D eigenvalue weighted by Crippen LogP contribution is 2.33. The summed E-state index contributed by atoms with van der Waals surface area (Å²) in [6.45, 7) is 2.96. The molecule has 6 nitrogen and oxygen atoms in total. The Bertz CT molecular complexity index is 526. The zero-order valence-corrected chi connectivity index (χ0v) is 13.6. The van der Waals surface area contributed by atoms with Crippen molar-refractivity contribution in [2.24, 2.45) is 5.73 Å². The molecule has 22 heavy (non-hydrogen) atoms. The highest BCUT2D eigenvalue weighted by Gasteiger charge is 2.43. The van der Waals surface area contributed by atoms with Gasteiger partial charge in [0.15, 0.2) is 0 Å². The summed E-state index contributed by atoms with van der Waals surface area (Å²) in [5.41, 5.74) is 6.95. The van der Waals surface area contributed by atoms with E-state index in [1.807, 2.05) is 37.3 Å². The first-order chi connectivity index (χ1) is 10.6. The molecule has 0 saturated carbocycles. The van der Waals surface area contributed by atoms with Gasteiger partial charge in [-0.1, -0.05) is 18.2 Å².